The largest absolute Gasteiger partial charge is 0.295 e. The normalized spacial score (nSPS) is 17.6. The van der Waals surface area contributed by atoms with E-state index in [0.717, 1.165) is 16.7 Å². The summed E-state index contributed by atoms with van der Waals surface area (Å²) >= 11 is 0. The van der Waals surface area contributed by atoms with Crippen molar-refractivity contribution in [1.29, 1.82) is 0 Å². The van der Waals surface area contributed by atoms with Gasteiger partial charge in [0, 0.05) is 34.7 Å². The van der Waals surface area contributed by atoms with E-state index in [1.54, 1.807) is 23.1 Å². The van der Waals surface area contributed by atoms with Crippen LogP contribution in [0.4, 0.5) is 17.1 Å². The van der Waals surface area contributed by atoms with Crippen LogP contribution in [0.2, 0.25) is 0 Å². The van der Waals surface area contributed by atoms with Crippen LogP contribution in [-0.4, -0.2) is 16.7 Å². The molecule has 0 fully saturated rings. The van der Waals surface area contributed by atoms with Gasteiger partial charge in [0.1, 0.15) is 5.70 Å². The van der Waals surface area contributed by atoms with Crippen molar-refractivity contribution in [2.75, 3.05) is 9.80 Å². The van der Waals surface area contributed by atoms with Gasteiger partial charge in [-0.1, -0.05) is 77.9 Å². The summed E-state index contributed by atoms with van der Waals surface area (Å²) in [7, 11) is 0. The zero-order chi connectivity index (χ0) is 28.0. The van der Waals surface area contributed by atoms with Crippen LogP contribution in [0, 0.1) is 24.0 Å². The summed E-state index contributed by atoms with van der Waals surface area (Å²) in [6.07, 6.45) is 1.65. The van der Waals surface area contributed by atoms with E-state index in [1.165, 1.54) is 17.0 Å². The topological polar surface area (TPSA) is 83.8 Å². The molecule has 0 aliphatic carbocycles. The van der Waals surface area contributed by atoms with E-state index < -0.39 is 11.0 Å². The molecule has 0 aromatic heterocycles. The van der Waals surface area contributed by atoms with E-state index in [9.17, 15) is 19.7 Å². The molecule has 4 aromatic rings. The lowest BCUT2D eigenvalue weighted by Gasteiger charge is -2.30. The Bertz CT molecular complexity index is 1720. The molecule has 0 radical (unpaired) electrons. The number of nitro benzene ring substituents is 1. The average Bonchev–Trinajstić information content (AvgIpc) is 3.41. The molecule has 0 saturated heterocycles. The molecule has 2 amide bonds. The number of rotatable bonds is 5. The molecule has 0 saturated carbocycles. The number of hydrogen-bond donors (Lipinski definition) is 0. The number of benzene rings is 4. The second kappa shape index (κ2) is 9.78. The molecule has 0 unspecified atom stereocenters. The second-order valence-electron chi connectivity index (χ2n) is 9.97. The predicted molar refractivity (Wildman–Crippen MR) is 155 cm³/mol. The van der Waals surface area contributed by atoms with Crippen LogP contribution in [0.1, 0.15) is 28.3 Å². The monoisotopic (exact) mass is 527 g/mol. The highest BCUT2D eigenvalue weighted by atomic mass is 16.6. The Balaban J connectivity index is 1.60. The molecule has 196 valence electrons. The zero-order valence-electron chi connectivity index (χ0n) is 21.9. The molecule has 6 rings (SSSR count). The number of carbonyl (C=O) groups excluding carboxylic acids is 2. The SMILES string of the molecule is Cc1ccc(N2C(=O)/C(=C\c3cccc([N+](=O)[O-])c3)C3=C2C(=O)N(c2ccc(C)cc2)[C@H]3c2ccccc2)cc1. The molecular formula is C33H25N3O4. The van der Waals surface area contributed by atoms with Crippen LogP contribution in [0.5, 0.6) is 0 Å². The van der Waals surface area contributed by atoms with Crippen LogP contribution in [-0.2, 0) is 9.59 Å². The molecule has 4 aromatic carbocycles. The Kier molecular flexibility index (Phi) is 6.11. The third kappa shape index (κ3) is 4.18. The van der Waals surface area contributed by atoms with Gasteiger partial charge in [-0.2, -0.15) is 0 Å². The number of non-ortho nitro benzene ring substituents is 1. The van der Waals surface area contributed by atoms with E-state index in [2.05, 4.69) is 0 Å². The van der Waals surface area contributed by atoms with Crippen LogP contribution >= 0.6 is 0 Å². The van der Waals surface area contributed by atoms with E-state index in [4.69, 9.17) is 0 Å². The van der Waals surface area contributed by atoms with Gasteiger partial charge in [0.2, 0.25) is 0 Å². The number of amides is 2. The second-order valence-corrected chi connectivity index (χ2v) is 9.97. The maximum atomic E-state index is 14.4. The lowest BCUT2D eigenvalue weighted by molar-refractivity contribution is -0.384. The first-order valence-corrected chi connectivity index (χ1v) is 12.9. The molecule has 0 bridgehead atoms. The van der Waals surface area contributed by atoms with Crippen molar-refractivity contribution < 1.29 is 14.5 Å². The van der Waals surface area contributed by atoms with E-state index in [-0.39, 0.29) is 17.5 Å². The van der Waals surface area contributed by atoms with Crippen molar-refractivity contribution in [3.63, 3.8) is 0 Å². The maximum Gasteiger partial charge on any atom is 0.276 e. The summed E-state index contributed by atoms with van der Waals surface area (Å²) in [5, 5.41) is 11.5. The quantitative estimate of drug-likeness (QED) is 0.165. The molecule has 0 N–H and O–H groups in total. The number of nitrogens with zero attached hydrogens (tertiary/aromatic N) is 3. The lowest BCUT2D eigenvalue weighted by Crippen LogP contribution is -2.38. The Morgan fingerprint density at radius 3 is 2.00 bits per heavy atom. The summed E-state index contributed by atoms with van der Waals surface area (Å²) in [4.78, 5) is 42.7. The molecule has 2 heterocycles. The maximum absolute atomic E-state index is 14.4. The Hall–Kier alpha value is -5.30. The van der Waals surface area contributed by atoms with E-state index >= 15 is 0 Å². The number of aryl methyl sites for hydroxylation is 2. The average molecular weight is 528 g/mol. The number of carbonyl (C=O) groups is 2. The molecule has 2 aliphatic rings. The van der Waals surface area contributed by atoms with Crippen molar-refractivity contribution in [1.82, 2.24) is 0 Å². The highest BCUT2D eigenvalue weighted by Crippen LogP contribution is 2.50. The number of nitro groups is 1. The van der Waals surface area contributed by atoms with Gasteiger partial charge >= 0.3 is 0 Å². The number of anilines is 2. The third-order valence-corrected chi connectivity index (χ3v) is 7.27. The van der Waals surface area contributed by atoms with Crippen LogP contribution in [0.3, 0.4) is 0 Å². The minimum absolute atomic E-state index is 0.0761. The van der Waals surface area contributed by atoms with Crippen molar-refractivity contribution in [2.24, 2.45) is 0 Å². The van der Waals surface area contributed by atoms with Crippen LogP contribution < -0.4 is 9.80 Å². The number of hydrogen-bond acceptors (Lipinski definition) is 4. The first kappa shape index (κ1) is 25.0. The Morgan fingerprint density at radius 1 is 0.750 bits per heavy atom. The fraction of sp³-hybridized carbons (Fsp3) is 0.0909. The predicted octanol–water partition coefficient (Wildman–Crippen LogP) is 6.68. The van der Waals surface area contributed by atoms with E-state index in [1.807, 2.05) is 92.7 Å². The van der Waals surface area contributed by atoms with Crippen molar-refractivity contribution in [3.05, 3.63) is 152 Å². The summed E-state index contributed by atoms with van der Waals surface area (Å²) < 4.78 is 0. The molecule has 7 nitrogen and oxygen atoms in total. The van der Waals surface area contributed by atoms with Gasteiger partial charge in [0.25, 0.3) is 17.5 Å². The highest BCUT2D eigenvalue weighted by Gasteiger charge is 2.52. The van der Waals surface area contributed by atoms with Gasteiger partial charge in [0.15, 0.2) is 0 Å². The summed E-state index contributed by atoms with van der Waals surface area (Å²) in [5.74, 6) is -0.637. The Labute approximate surface area is 231 Å². The summed E-state index contributed by atoms with van der Waals surface area (Å²) in [5.41, 5.74) is 5.86. The van der Waals surface area contributed by atoms with Crippen LogP contribution in [0.25, 0.3) is 6.08 Å². The van der Waals surface area contributed by atoms with Gasteiger partial charge < -0.3 is 0 Å². The van der Waals surface area contributed by atoms with E-state index in [0.29, 0.717) is 33.8 Å². The van der Waals surface area contributed by atoms with Crippen molar-refractivity contribution in [3.8, 4) is 0 Å². The molecular weight excluding hydrogens is 502 g/mol. The molecule has 2 aliphatic heterocycles. The minimum atomic E-state index is -0.573. The van der Waals surface area contributed by atoms with Gasteiger partial charge in [-0.05, 0) is 55.3 Å². The summed E-state index contributed by atoms with van der Waals surface area (Å²) in [6.45, 7) is 3.94. The smallest absolute Gasteiger partial charge is 0.276 e. The lowest BCUT2D eigenvalue weighted by atomic mass is 9.93. The third-order valence-electron chi connectivity index (χ3n) is 7.27. The van der Waals surface area contributed by atoms with Crippen LogP contribution in [0.15, 0.2) is 120 Å². The highest BCUT2D eigenvalue weighted by molar-refractivity contribution is 6.29. The fourth-order valence-corrected chi connectivity index (χ4v) is 5.33. The van der Waals surface area contributed by atoms with Gasteiger partial charge in [-0.15, -0.1) is 0 Å². The molecule has 0 spiro atoms. The van der Waals surface area contributed by atoms with Gasteiger partial charge in [-0.3, -0.25) is 29.5 Å². The van der Waals surface area contributed by atoms with Gasteiger partial charge in [0.05, 0.1) is 11.0 Å². The van der Waals surface area contributed by atoms with Crippen molar-refractivity contribution in [2.45, 2.75) is 19.9 Å². The molecule has 1 atom stereocenters. The molecule has 40 heavy (non-hydrogen) atoms. The molecule has 7 heteroatoms. The first-order chi connectivity index (χ1) is 19.3. The zero-order valence-corrected chi connectivity index (χ0v) is 21.9. The van der Waals surface area contributed by atoms with Gasteiger partial charge in [-0.25, -0.2) is 0 Å². The summed E-state index contributed by atoms with van der Waals surface area (Å²) in [6, 6.07) is 30.4. The fourth-order valence-electron chi connectivity index (χ4n) is 5.33. The standard InChI is InChI=1S/C33H25N3O4/c1-21-11-15-25(16-12-21)34-30(24-8-4-3-5-9-24)29-28(20-23-7-6-10-27(19-23)36(39)40)32(37)35(31(29)33(34)38)26-17-13-22(2)14-18-26/h3-20,30H,1-2H3/b28-20-/t30-/m0/s1. The minimum Gasteiger partial charge on any atom is -0.295 e. The Morgan fingerprint density at radius 2 is 1.38 bits per heavy atom. The van der Waals surface area contributed by atoms with Crippen molar-refractivity contribution >= 4 is 35.0 Å². The first-order valence-electron chi connectivity index (χ1n) is 12.9.